The number of aromatic nitrogens is 1. The molecule has 0 bridgehead atoms. The van der Waals surface area contributed by atoms with Gasteiger partial charge in [0.25, 0.3) is 5.91 Å². The number of thiazole rings is 1. The molecule has 0 spiro atoms. The van der Waals surface area contributed by atoms with Crippen LogP contribution in [0.3, 0.4) is 0 Å². The van der Waals surface area contributed by atoms with Crippen LogP contribution in [-0.2, 0) is 14.3 Å². The first-order valence-electron chi connectivity index (χ1n) is 7.83. The van der Waals surface area contributed by atoms with Gasteiger partial charge in [0.05, 0.1) is 10.2 Å². The van der Waals surface area contributed by atoms with Gasteiger partial charge in [-0.25, -0.2) is 4.98 Å². The van der Waals surface area contributed by atoms with E-state index in [2.05, 4.69) is 4.98 Å². The molecule has 0 aliphatic carbocycles. The van der Waals surface area contributed by atoms with Crippen molar-refractivity contribution in [3.05, 3.63) is 35.8 Å². The molecule has 0 N–H and O–H groups in total. The smallest absolute Gasteiger partial charge is 0.298 e. The van der Waals surface area contributed by atoms with Gasteiger partial charge in [-0.1, -0.05) is 23.5 Å². The normalized spacial score (nSPS) is 13.7. The number of fused-ring (bicyclic) bond motifs is 1. The van der Waals surface area contributed by atoms with E-state index in [0.717, 1.165) is 22.3 Å². The Kier molecular flexibility index (Phi) is 6.64. The highest BCUT2D eigenvalue weighted by Crippen LogP contribution is 2.31. The van der Waals surface area contributed by atoms with Crippen molar-refractivity contribution in [2.24, 2.45) is 0 Å². The number of aryl methyl sites for hydroxylation is 1. The summed E-state index contributed by atoms with van der Waals surface area (Å²) in [7, 11) is 3.95. The topological polar surface area (TPSA) is 54.9 Å². The van der Waals surface area contributed by atoms with E-state index in [0.29, 0.717) is 24.9 Å². The van der Waals surface area contributed by atoms with E-state index in [9.17, 15) is 4.79 Å². The van der Waals surface area contributed by atoms with Crippen LogP contribution in [0.5, 0.6) is 0 Å². The van der Waals surface area contributed by atoms with Gasteiger partial charge in [0.15, 0.2) is 5.13 Å². The minimum atomic E-state index is -0.215. The summed E-state index contributed by atoms with van der Waals surface area (Å²) in [6, 6.07) is 6.06. The number of anilines is 1. The third kappa shape index (κ3) is 4.42. The number of carbonyl (C=O) groups is 1. The lowest BCUT2D eigenvalue weighted by molar-refractivity contribution is -0.119. The Morgan fingerprint density at radius 1 is 1.28 bits per heavy atom. The van der Waals surface area contributed by atoms with Gasteiger partial charge in [0, 0.05) is 13.1 Å². The predicted octanol–water partition coefficient (Wildman–Crippen LogP) is 2.81. The SMILES string of the molecule is Cc1cccc2sc(N(CCN(C)C)C(=O)C3=COCCO3)nc12.Cl. The number of amides is 1. The van der Waals surface area contributed by atoms with Crippen LogP contribution in [0.1, 0.15) is 5.56 Å². The summed E-state index contributed by atoms with van der Waals surface area (Å²) in [5.41, 5.74) is 2.04. The summed E-state index contributed by atoms with van der Waals surface area (Å²) in [4.78, 5) is 21.3. The number of hydrogen-bond donors (Lipinski definition) is 0. The first-order chi connectivity index (χ1) is 11.6. The Labute approximate surface area is 157 Å². The van der Waals surface area contributed by atoms with Crippen LogP contribution in [0.4, 0.5) is 5.13 Å². The second-order valence-corrected chi connectivity index (χ2v) is 6.89. The van der Waals surface area contributed by atoms with Gasteiger partial charge in [-0.05, 0) is 32.6 Å². The third-order valence-electron chi connectivity index (χ3n) is 3.72. The quantitative estimate of drug-likeness (QED) is 0.794. The molecule has 6 nitrogen and oxygen atoms in total. The molecule has 0 fully saturated rings. The predicted molar refractivity (Wildman–Crippen MR) is 102 cm³/mol. The highest BCUT2D eigenvalue weighted by molar-refractivity contribution is 7.22. The average Bonchev–Trinajstić information content (AvgIpc) is 3.01. The van der Waals surface area contributed by atoms with Gasteiger partial charge in [0.2, 0.25) is 5.76 Å². The molecular formula is C17H22ClN3O3S. The van der Waals surface area contributed by atoms with Gasteiger partial charge in [0.1, 0.15) is 19.5 Å². The number of benzene rings is 1. The lowest BCUT2D eigenvalue weighted by Gasteiger charge is -2.24. The molecule has 2 aromatic rings. The molecule has 1 amide bonds. The molecule has 8 heteroatoms. The van der Waals surface area contributed by atoms with Crippen molar-refractivity contribution in [2.45, 2.75) is 6.92 Å². The Hall–Kier alpha value is -1.83. The molecule has 1 aliphatic heterocycles. The monoisotopic (exact) mass is 383 g/mol. The maximum atomic E-state index is 12.9. The van der Waals surface area contributed by atoms with E-state index in [1.165, 1.54) is 17.6 Å². The zero-order valence-corrected chi connectivity index (χ0v) is 16.2. The van der Waals surface area contributed by atoms with E-state index in [4.69, 9.17) is 9.47 Å². The van der Waals surface area contributed by atoms with Crippen LogP contribution in [0, 0.1) is 6.92 Å². The molecule has 3 rings (SSSR count). The molecule has 1 aromatic heterocycles. The largest absolute Gasteiger partial charge is 0.494 e. The van der Waals surface area contributed by atoms with Gasteiger partial charge in [-0.15, -0.1) is 12.4 Å². The number of ether oxygens (including phenoxy) is 2. The fourth-order valence-electron chi connectivity index (χ4n) is 2.39. The third-order valence-corrected chi connectivity index (χ3v) is 4.76. The minimum absolute atomic E-state index is 0. The maximum Gasteiger partial charge on any atom is 0.298 e. The fourth-order valence-corrected chi connectivity index (χ4v) is 3.46. The second kappa shape index (κ2) is 8.51. The van der Waals surface area contributed by atoms with Crippen molar-refractivity contribution < 1.29 is 14.3 Å². The van der Waals surface area contributed by atoms with Crippen LogP contribution in [-0.4, -0.2) is 56.2 Å². The first-order valence-corrected chi connectivity index (χ1v) is 8.65. The standard InChI is InChI=1S/C17H21N3O3S.ClH/c1-12-5-4-6-14-15(12)18-17(24-14)20(8-7-19(2)3)16(21)13-11-22-9-10-23-13;/h4-6,11H,7-10H2,1-3H3;1H. The number of likely N-dealkylation sites (N-methyl/N-ethyl adjacent to an activating group) is 1. The summed E-state index contributed by atoms with van der Waals surface area (Å²) in [6.45, 7) is 4.14. The van der Waals surface area contributed by atoms with Crippen molar-refractivity contribution in [2.75, 3.05) is 45.3 Å². The number of hydrogen-bond acceptors (Lipinski definition) is 6. The van der Waals surface area contributed by atoms with Crippen molar-refractivity contribution in [1.29, 1.82) is 0 Å². The van der Waals surface area contributed by atoms with Gasteiger partial charge in [-0.3, -0.25) is 9.69 Å². The molecule has 0 unspecified atom stereocenters. The molecule has 0 saturated heterocycles. The lowest BCUT2D eigenvalue weighted by Crippen LogP contribution is -2.38. The fraction of sp³-hybridized carbons (Fsp3) is 0.412. The Bertz CT molecular complexity index is 776. The zero-order valence-electron chi connectivity index (χ0n) is 14.5. The average molecular weight is 384 g/mol. The summed E-state index contributed by atoms with van der Waals surface area (Å²) in [6.07, 6.45) is 1.40. The molecule has 25 heavy (non-hydrogen) atoms. The maximum absolute atomic E-state index is 12.9. The summed E-state index contributed by atoms with van der Waals surface area (Å²) >= 11 is 1.52. The van der Waals surface area contributed by atoms with E-state index in [1.807, 2.05) is 44.1 Å². The number of nitrogens with zero attached hydrogens (tertiary/aromatic N) is 3. The van der Waals surface area contributed by atoms with Crippen LogP contribution < -0.4 is 4.90 Å². The van der Waals surface area contributed by atoms with Gasteiger partial charge < -0.3 is 14.4 Å². The molecule has 2 heterocycles. The highest BCUT2D eigenvalue weighted by atomic mass is 35.5. The molecule has 1 aromatic carbocycles. The number of carbonyl (C=O) groups excluding carboxylic acids is 1. The van der Waals surface area contributed by atoms with Gasteiger partial charge in [-0.2, -0.15) is 0 Å². The van der Waals surface area contributed by atoms with Gasteiger partial charge >= 0.3 is 0 Å². The van der Waals surface area contributed by atoms with Crippen LogP contribution >= 0.6 is 23.7 Å². The Balaban J connectivity index is 0.00000225. The zero-order chi connectivity index (χ0) is 17.1. The van der Waals surface area contributed by atoms with Crippen LogP contribution in [0.2, 0.25) is 0 Å². The number of para-hydroxylation sites is 1. The van der Waals surface area contributed by atoms with Crippen molar-refractivity contribution in [1.82, 2.24) is 9.88 Å². The van der Waals surface area contributed by atoms with Crippen molar-refractivity contribution in [3.8, 4) is 0 Å². The molecule has 136 valence electrons. The molecule has 0 radical (unpaired) electrons. The summed E-state index contributed by atoms with van der Waals surface area (Å²) < 4.78 is 11.8. The second-order valence-electron chi connectivity index (χ2n) is 5.88. The first kappa shape index (κ1) is 19.5. The van der Waals surface area contributed by atoms with Crippen LogP contribution in [0.25, 0.3) is 10.2 Å². The summed E-state index contributed by atoms with van der Waals surface area (Å²) in [5.74, 6) is 0.0178. The molecule has 1 aliphatic rings. The lowest BCUT2D eigenvalue weighted by atomic mass is 10.2. The molecular weight excluding hydrogens is 362 g/mol. The van der Waals surface area contributed by atoms with E-state index in [-0.39, 0.29) is 24.1 Å². The molecule has 0 saturated carbocycles. The van der Waals surface area contributed by atoms with Crippen molar-refractivity contribution >= 4 is 45.0 Å². The number of halogens is 1. The molecule has 0 atom stereocenters. The van der Waals surface area contributed by atoms with E-state index in [1.54, 1.807) is 4.90 Å². The summed E-state index contributed by atoms with van der Waals surface area (Å²) in [5, 5.41) is 0.682. The Morgan fingerprint density at radius 2 is 2.08 bits per heavy atom. The van der Waals surface area contributed by atoms with E-state index < -0.39 is 0 Å². The Morgan fingerprint density at radius 3 is 2.72 bits per heavy atom. The van der Waals surface area contributed by atoms with Crippen molar-refractivity contribution in [3.63, 3.8) is 0 Å². The van der Waals surface area contributed by atoms with Crippen LogP contribution in [0.15, 0.2) is 30.2 Å². The highest BCUT2D eigenvalue weighted by Gasteiger charge is 2.26. The van der Waals surface area contributed by atoms with E-state index >= 15 is 0 Å². The number of rotatable bonds is 5. The minimum Gasteiger partial charge on any atom is -0.494 e.